The number of hydrogen-bond donors (Lipinski definition) is 1. The summed E-state index contributed by atoms with van der Waals surface area (Å²) in [6.07, 6.45) is 2.20. The highest BCUT2D eigenvalue weighted by atomic mass is 35.5. The van der Waals surface area contributed by atoms with Gasteiger partial charge in [0.25, 0.3) is 5.91 Å². The molecule has 2 aliphatic heterocycles. The van der Waals surface area contributed by atoms with E-state index in [0.29, 0.717) is 33.2 Å². The first-order chi connectivity index (χ1) is 12.9. The van der Waals surface area contributed by atoms with Crippen molar-refractivity contribution < 1.29 is 9.21 Å². The molecule has 1 aromatic heterocycles. The lowest BCUT2D eigenvalue weighted by Crippen LogP contribution is -2.35. The van der Waals surface area contributed by atoms with E-state index in [-0.39, 0.29) is 11.4 Å². The van der Waals surface area contributed by atoms with E-state index in [1.165, 1.54) is 22.8 Å². The number of nitrogens with zero attached hydrogens (tertiary/aromatic N) is 3. The first kappa shape index (κ1) is 18.0. The highest BCUT2D eigenvalue weighted by molar-refractivity contribution is 8.26. The lowest BCUT2D eigenvalue weighted by Gasteiger charge is -2.19. The summed E-state index contributed by atoms with van der Waals surface area (Å²) in [6.45, 7) is 1.96. The van der Waals surface area contributed by atoms with E-state index < -0.39 is 5.91 Å². The van der Waals surface area contributed by atoms with Crippen LogP contribution in [0.25, 0.3) is 17.4 Å². The quantitative estimate of drug-likeness (QED) is 0.686. The molecular formula is C18H12Cl2N4O2S. The second-order valence-electron chi connectivity index (χ2n) is 5.73. The van der Waals surface area contributed by atoms with Crippen molar-refractivity contribution in [1.82, 2.24) is 5.01 Å². The number of hydrazone groups is 1. The van der Waals surface area contributed by atoms with Crippen LogP contribution in [0.2, 0.25) is 10.0 Å². The van der Waals surface area contributed by atoms with E-state index in [9.17, 15) is 4.79 Å². The molecule has 2 aromatic rings. The van der Waals surface area contributed by atoms with Crippen molar-refractivity contribution >= 4 is 63.0 Å². The Morgan fingerprint density at radius 2 is 2.00 bits per heavy atom. The summed E-state index contributed by atoms with van der Waals surface area (Å²) < 4.78 is 5.78. The Bertz CT molecular complexity index is 1050. The summed E-state index contributed by atoms with van der Waals surface area (Å²) in [5.41, 5.74) is 0.834. The van der Waals surface area contributed by atoms with E-state index in [2.05, 4.69) is 10.1 Å². The van der Waals surface area contributed by atoms with Crippen LogP contribution in [0.5, 0.6) is 0 Å². The average Bonchev–Trinajstić information content (AvgIpc) is 3.24. The largest absolute Gasteiger partial charge is 0.457 e. The molecule has 2 aliphatic rings. The van der Waals surface area contributed by atoms with E-state index in [0.717, 1.165) is 10.6 Å². The van der Waals surface area contributed by atoms with Gasteiger partial charge in [0.15, 0.2) is 5.84 Å². The van der Waals surface area contributed by atoms with Crippen molar-refractivity contribution in [1.29, 1.82) is 5.41 Å². The molecule has 27 heavy (non-hydrogen) atoms. The normalized spacial score (nSPS) is 18.0. The van der Waals surface area contributed by atoms with Crippen LogP contribution in [0.4, 0.5) is 0 Å². The number of furan rings is 1. The van der Waals surface area contributed by atoms with Crippen molar-refractivity contribution in [2.45, 2.75) is 13.3 Å². The van der Waals surface area contributed by atoms with Gasteiger partial charge in [-0.2, -0.15) is 15.1 Å². The molecule has 0 bridgehead atoms. The molecule has 1 amide bonds. The summed E-state index contributed by atoms with van der Waals surface area (Å²) in [5, 5.41) is 16.2. The Morgan fingerprint density at radius 3 is 2.70 bits per heavy atom. The maximum atomic E-state index is 12.3. The van der Waals surface area contributed by atoms with Crippen LogP contribution < -0.4 is 0 Å². The number of benzene rings is 1. The summed E-state index contributed by atoms with van der Waals surface area (Å²) in [6, 6.07) is 8.55. The monoisotopic (exact) mass is 418 g/mol. The van der Waals surface area contributed by atoms with Crippen LogP contribution in [-0.2, 0) is 4.79 Å². The Hall–Kier alpha value is -2.35. The van der Waals surface area contributed by atoms with E-state index >= 15 is 0 Å². The summed E-state index contributed by atoms with van der Waals surface area (Å²) in [5.74, 6) is 0.451. The van der Waals surface area contributed by atoms with Gasteiger partial charge in [-0.15, -0.1) is 0 Å². The van der Waals surface area contributed by atoms with Crippen LogP contribution in [-0.4, -0.2) is 27.0 Å². The van der Waals surface area contributed by atoms with Crippen LogP contribution >= 0.6 is 35.0 Å². The SMILES string of the molecule is CCC1=NN2C(=N)/C(=C/c3ccc(-c4cc(Cl)cc(Cl)c4)o3)C(=O)N=C2S1. The molecule has 0 saturated heterocycles. The van der Waals surface area contributed by atoms with Crippen molar-refractivity contribution in [2.24, 2.45) is 10.1 Å². The molecule has 0 saturated carbocycles. The smallest absolute Gasteiger partial charge is 0.283 e. The van der Waals surface area contributed by atoms with Gasteiger partial charge in [-0.3, -0.25) is 10.2 Å². The van der Waals surface area contributed by atoms with Crippen molar-refractivity contribution in [3.05, 3.63) is 51.7 Å². The molecule has 0 aliphatic carbocycles. The standard InChI is InChI=1S/C18H12Cl2N4O2S/c1-2-15-23-24-16(21)13(17(25)22-18(24)27-15)8-12-3-4-14(26-12)9-5-10(19)7-11(20)6-9/h3-8,21H,2H2,1H3/b13-8-,21-16?. The second kappa shape index (κ2) is 6.99. The average molecular weight is 419 g/mol. The third-order valence-electron chi connectivity index (χ3n) is 3.86. The van der Waals surface area contributed by atoms with E-state index in [1.54, 1.807) is 30.3 Å². The summed E-state index contributed by atoms with van der Waals surface area (Å²) in [7, 11) is 0. The number of amidine groups is 2. The Labute approximate surface area is 169 Å². The number of hydrogen-bond acceptors (Lipinski definition) is 5. The summed E-state index contributed by atoms with van der Waals surface area (Å²) >= 11 is 13.4. The fourth-order valence-corrected chi connectivity index (χ4v) is 3.95. The van der Waals surface area contributed by atoms with E-state index in [1.807, 2.05) is 6.92 Å². The molecule has 0 radical (unpaired) electrons. The molecule has 4 rings (SSSR count). The second-order valence-corrected chi connectivity index (χ2v) is 7.64. The lowest BCUT2D eigenvalue weighted by atomic mass is 10.1. The minimum Gasteiger partial charge on any atom is -0.457 e. The van der Waals surface area contributed by atoms with Crippen LogP contribution in [0.1, 0.15) is 19.1 Å². The number of halogens is 2. The lowest BCUT2D eigenvalue weighted by molar-refractivity contribution is -0.114. The van der Waals surface area contributed by atoms with Crippen molar-refractivity contribution in [2.75, 3.05) is 0 Å². The van der Waals surface area contributed by atoms with Gasteiger partial charge in [0.1, 0.15) is 16.6 Å². The van der Waals surface area contributed by atoms with Gasteiger partial charge in [0.2, 0.25) is 5.17 Å². The topological polar surface area (TPSA) is 82.0 Å². The Morgan fingerprint density at radius 1 is 1.26 bits per heavy atom. The number of carbonyl (C=O) groups excluding carboxylic acids is 1. The number of rotatable bonds is 3. The molecule has 6 nitrogen and oxygen atoms in total. The van der Waals surface area contributed by atoms with Crippen LogP contribution in [0.15, 0.2) is 50.4 Å². The molecule has 0 fully saturated rings. The van der Waals surface area contributed by atoms with Gasteiger partial charge in [-0.05, 0) is 54.6 Å². The zero-order valence-electron chi connectivity index (χ0n) is 14.0. The molecule has 1 N–H and O–H groups in total. The van der Waals surface area contributed by atoms with Crippen LogP contribution in [0, 0.1) is 5.41 Å². The molecule has 1 aromatic carbocycles. The zero-order chi connectivity index (χ0) is 19.1. The Kier molecular flexibility index (Phi) is 4.67. The number of aliphatic imine (C=N–C) groups is 1. The predicted octanol–water partition coefficient (Wildman–Crippen LogP) is 5.28. The molecule has 0 atom stereocenters. The zero-order valence-corrected chi connectivity index (χ0v) is 16.3. The highest BCUT2D eigenvalue weighted by Crippen LogP contribution is 2.31. The number of carbonyl (C=O) groups is 1. The summed E-state index contributed by atoms with van der Waals surface area (Å²) in [4.78, 5) is 16.4. The van der Waals surface area contributed by atoms with Gasteiger partial charge in [0, 0.05) is 15.6 Å². The maximum Gasteiger partial charge on any atom is 0.283 e. The van der Waals surface area contributed by atoms with Gasteiger partial charge >= 0.3 is 0 Å². The third kappa shape index (κ3) is 3.45. The van der Waals surface area contributed by atoms with Gasteiger partial charge in [-0.1, -0.05) is 30.1 Å². The fraction of sp³-hybridized carbons (Fsp3) is 0.111. The minimum atomic E-state index is -0.491. The number of thioether (sulfide) groups is 1. The van der Waals surface area contributed by atoms with Gasteiger partial charge in [-0.25, -0.2) is 0 Å². The van der Waals surface area contributed by atoms with Crippen molar-refractivity contribution in [3.63, 3.8) is 0 Å². The third-order valence-corrected chi connectivity index (χ3v) is 5.35. The fourth-order valence-electron chi connectivity index (χ4n) is 2.60. The number of amides is 1. The minimum absolute atomic E-state index is 0.0234. The van der Waals surface area contributed by atoms with Crippen molar-refractivity contribution in [3.8, 4) is 11.3 Å². The molecular weight excluding hydrogens is 407 g/mol. The maximum absolute atomic E-state index is 12.3. The van der Waals surface area contributed by atoms with E-state index in [4.69, 9.17) is 33.0 Å². The Balaban J connectivity index is 1.67. The molecule has 136 valence electrons. The number of fused-ring (bicyclic) bond motifs is 1. The molecule has 3 heterocycles. The first-order valence-corrected chi connectivity index (χ1v) is 9.57. The molecule has 9 heteroatoms. The first-order valence-electron chi connectivity index (χ1n) is 8.00. The van der Waals surface area contributed by atoms with Gasteiger partial charge < -0.3 is 4.42 Å². The van der Waals surface area contributed by atoms with Gasteiger partial charge in [0.05, 0.1) is 5.57 Å². The molecule has 0 spiro atoms. The predicted molar refractivity (Wildman–Crippen MR) is 109 cm³/mol. The van der Waals surface area contributed by atoms with Crippen LogP contribution in [0.3, 0.4) is 0 Å². The number of nitrogens with one attached hydrogen (secondary N) is 1. The highest BCUT2D eigenvalue weighted by Gasteiger charge is 2.35. The molecule has 0 unspecified atom stereocenters.